The summed E-state index contributed by atoms with van der Waals surface area (Å²) in [6.07, 6.45) is 1.32. The van der Waals surface area contributed by atoms with Gasteiger partial charge in [0, 0.05) is 6.07 Å². The highest BCUT2D eigenvalue weighted by Crippen LogP contribution is 2.12. The Kier molecular flexibility index (Phi) is 3.52. The van der Waals surface area contributed by atoms with Crippen LogP contribution in [0, 0.1) is 0 Å². The van der Waals surface area contributed by atoms with Crippen molar-refractivity contribution in [2.24, 2.45) is 0 Å². The number of aliphatic hydroxyl groups excluding tert-OH is 1. The van der Waals surface area contributed by atoms with E-state index in [4.69, 9.17) is 0 Å². The van der Waals surface area contributed by atoms with Crippen LogP contribution in [0.3, 0.4) is 0 Å². The Morgan fingerprint density at radius 2 is 2.12 bits per heavy atom. The van der Waals surface area contributed by atoms with Crippen molar-refractivity contribution in [1.82, 2.24) is 10.5 Å². The van der Waals surface area contributed by atoms with Gasteiger partial charge in [-0.2, -0.15) is 0 Å². The Bertz CT molecular complexity index is 468. The molecule has 1 unspecified atom stereocenters. The van der Waals surface area contributed by atoms with Crippen molar-refractivity contribution in [3.63, 3.8) is 0 Å². The van der Waals surface area contributed by atoms with Gasteiger partial charge in [0.1, 0.15) is 6.26 Å². The van der Waals surface area contributed by atoms with E-state index >= 15 is 0 Å². The summed E-state index contributed by atoms with van der Waals surface area (Å²) in [6, 6.07) is 10.3. The summed E-state index contributed by atoms with van der Waals surface area (Å²) in [4.78, 5) is 11.7. The Morgan fingerprint density at radius 1 is 1.35 bits per heavy atom. The second-order valence-corrected chi connectivity index (χ2v) is 3.50. The Hall–Kier alpha value is -2.14. The van der Waals surface area contributed by atoms with Crippen LogP contribution in [0.2, 0.25) is 0 Å². The highest BCUT2D eigenvalue weighted by atomic mass is 16.5. The molecule has 0 fully saturated rings. The molecule has 0 saturated carbocycles. The van der Waals surface area contributed by atoms with Crippen LogP contribution in [0.5, 0.6) is 0 Å². The quantitative estimate of drug-likeness (QED) is 0.828. The minimum atomic E-state index is -0.444. The predicted molar refractivity (Wildman–Crippen MR) is 60.2 cm³/mol. The fraction of sp³-hybridized carbons (Fsp3) is 0.167. The number of carbonyl (C=O) groups excluding carboxylic acids is 1. The van der Waals surface area contributed by atoms with Gasteiger partial charge >= 0.3 is 0 Å². The number of hydrogen-bond donors (Lipinski definition) is 2. The summed E-state index contributed by atoms with van der Waals surface area (Å²) >= 11 is 0. The molecular formula is C12H12N2O3. The lowest BCUT2D eigenvalue weighted by Gasteiger charge is -2.15. The van der Waals surface area contributed by atoms with Crippen molar-refractivity contribution in [3.8, 4) is 0 Å². The van der Waals surface area contributed by atoms with Gasteiger partial charge in [0.2, 0.25) is 0 Å². The van der Waals surface area contributed by atoms with E-state index in [1.807, 2.05) is 30.3 Å². The van der Waals surface area contributed by atoms with Gasteiger partial charge in [0.05, 0.1) is 12.6 Å². The second-order valence-electron chi connectivity index (χ2n) is 3.50. The largest absolute Gasteiger partial charge is 0.394 e. The van der Waals surface area contributed by atoms with Gasteiger partial charge in [-0.15, -0.1) is 0 Å². The van der Waals surface area contributed by atoms with E-state index in [1.165, 1.54) is 12.3 Å². The van der Waals surface area contributed by atoms with E-state index < -0.39 is 6.04 Å². The summed E-state index contributed by atoms with van der Waals surface area (Å²) in [7, 11) is 0. The molecule has 0 aliphatic heterocycles. The first-order valence-electron chi connectivity index (χ1n) is 5.18. The molecule has 0 aliphatic carbocycles. The van der Waals surface area contributed by atoms with Crippen molar-refractivity contribution in [3.05, 3.63) is 53.9 Å². The van der Waals surface area contributed by atoms with Crippen molar-refractivity contribution in [2.75, 3.05) is 6.61 Å². The number of nitrogens with one attached hydrogen (secondary N) is 1. The highest BCUT2D eigenvalue weighted by molar-refractivity contribution is 5.92. The van der Waals surface area contributed by atoms with E-state index in [0.717, 1.165) is 5.56 Å². The van der Waals surface area contributed by atoms with Crippen molar-refractivity contribution >= 4 is 5.91 Å². The number of rotatable bonds is 4. The zero-order valence-corrected chi connectivity index (χ0v) is 9.04. The van der Waals surface area contributed by atoms with Crippen LogP contribution < -0.4 is 5.32 Å². The van der Waals surface area contributed by atoms with Crippen LogP contribution in [0.1, 0.15) is 22.1 Å². The Morgan fingerprint density at radius 3 is 2.71 bits per heavy atom. The number of benzene rings is 1. The topological polar surface area (TPSA) is 75.4 Å². The minimum absolute atomic E-state index is 0.173. The summed E-state index contributed by atoms with van der Waals surface area (Å²) in [5, 5.41) is 15.5. The SMILES string of the molecule is O=C(NC(CO)c1ccccc1)c1ccon1. The second kappa shape index (κ2) is 5.27. The first-order valence-corrected chi connectivity index (χ1v) is 5.18. The van der Waals surface area contributed by atoms with Gasteiger partial charge in [-0.05, 0) is 5.56 Å². The van der Waals surface area contributed by atoms with Crippen LogP contribution in [0.15, 0.2) is 47.2 Å². The lowest BCUT2D eigenvalue weighted by Crippen LogP contribution is -2.30. The molecule has 5 nitrogen and oxygen atoms in total. The zero-order chi connectivity index (χ0) is 12.1. The minimum Gasteiger partial charge on any atom is -0.394 e. The van der Waals surface area contributed by atoms with E-state index in [-0.39, 0.29) is 18.2 Å². The number of aliphatic hydroxyl groups is 1. The van der Waals surface area contributed by atoms with Gasteiger partial charge in [0.15, 0.2) is 5.69 Å². The summed E-state index contributed by atoms with van der Waals surface area (Å²) in [5.41, 5.74) is 1.03. The van der Waals surface area contributed by atoms with E-state index in [1.54, 1.807) is 0 Å². The smallest absolute Gasteiger partial charge is 0.274 e. The van der Waals surface area contributed by atoms with Gasteiger partial charge in [-0.25, -0.2) is 0 Å². The standard InChI is InChI=1S/C12H12N2O3/c15-8-11(9-4-2-1-3-5-9)13-12(16)10-6-7-17-14-10/h1-7,11,15H,8H2,(H,13,16). The van der Waals surface area contributed by atoms with Crippen LogP contribution in [0.25, 0.3) is 0 Å². The fourth-order valence-electron chi connectivity index (χ4n) is 1.48. The Balaban J connectivity index is 2.09. The lowest BCUT2D eigenvalue weighted by atomic mass is 10.1. The lowest BCUT2D eigenvalue weighted by molar-refractivity contribution is 0.0907. The molecule has 1 heterocycles. The number of nitrogens with zero attached hydrogens (tertiary/aromatic N) is 1. The maximum Gasteiger partial charge on any atom is 0.274 e. The molecule has 2 N–H and O–H groups in total. The third-order valence-corrected chi connectivity index (χ3v) is 2.36. The molecule has 0 saturated heterocycles. The summed E-state index contributed by atoms with van der Waals surface area (Å²) in [6.45, 7) is -0.173. The van der Waals surface area contributed by atoms with Crippen LogP contribution in [-0.4, -0.2) is 22.8 Å². The van der Waals surface area contributed by atoms with Gasteiger partial charge < -0.3 is 14.9 Å². The maximum absolute atomic E-state index is 11.7. The number of carbonyl (C=O) groups is 1. The molecule has 1 atom stereocenters. The first-order chi connectivity index (χ1) is 8.31. The number of aromatic nitrogens is 1. The molecule has 0 aliphatic rings. The molecule has 1 aromatic heterocycles. The number of hydrogen-bond acceptors (Lipinski definition) is 4. The molecule has 1 amide bonds. The van der Waals surface area contributed by atoms with E-state index in [0.29, 0.717) is 0 Å². The normalized spacial score (nSPS) is 12.1. The van der Waals surface area contributed by atoms with Crippen molar-refractivity contribution in [1.29, 1.82) is 0 Å². The van der Waals surface area contributed by atoms with E-state index in [9.17, 15) is 9.90 Å². The number of amides is 1. The molecule has 0 radical (unpaired) electrons. The molecule has 0 bridgehead atoms. The van der Waals surface area contributed by atoms with E-state index in [2.05, 4.69) is 15.0 Å². The highest BCUT2D eigenvalue weighted by Gasteiger charge is 2.16. The maximum atomic E-state index is 11.7. The Labute approximate surface area is 98.1 Å². The van der Waals surface area contributed by atoms with Crippen LogP contribution >= 0.6 is 0 Å². The molecular weight excluding hydrogens is 220 g/mol. The third kappa shape index (κ3) is 2.70. The van der Waals surface area contributed by atoms with Gasteiger partial charge in [0.25, 0.3) is 5.91 Å². The first kappa shape index (κ1) is 11.3. The molecule has 2 rings (SSSR count). The zero-order valence-electron chi connectivity index (χ0n) is 9.04. The molecule has 17 heavy (non-hydrogen) atoms. The van der Waals surface area contributed by atoms with Gasteiger partial charge in [-0.3, -0.25) is 4.79 Å². The average molecular weight is 232 g/mol. The molecule has 2 aromatic rings. The average Bonchev–Trinajstić information content (AvgIpc) is 2.90. The van der Waals surface area contributed by atoms with Crippen molar-refractivity contribution in [2.45, 2.75) is 6.04 Å². The predicted octanol–water partition coefficient (Wildman–Crippen LogP) is 1.14. The molecule has 0 spiro atoms. The molecule has 5 heteroatoms. The van der Waals surface area contributed by atoms with Crippen LogP contribution in [-0.2, 0) is 0 Å². The fourth-order valence-corrected chi connectivity index (χ4v) is 1.48. The van der Waals surface area contributed by atoms with Gasteiger partial charge in [-0.1, -0.05) is 35.5 Å². The third-order valence-electron chi connectivity index (χ3n) is 2.36. The summed E-state index contributed by atoms with van der Waals surface area (Å²) < 4.78 is 4.58. The monoisotopic (exact) mass is 232 g/mol. The molecule has 1 aromatic carbocycles. The molecule has 88 valence electrons. The van der Waals surface area contributed by atoms with Crippen LogP contribution in [0.4, 0.5) is 0 Å². The summed E-state index contributed by atoms with van der Waals surface area (Å²) in [5.74, 6) is -0.373. The van der Waals surface area contributed by atoms with Crippen molar-refractivity contribution < 1.29 is 14.4 Å².